The maximum Gasteiger partial charge on any atom is 0.343 e. The Labute approximate surface area is 177 Å². The fourth-order valence-corrected chi connectivity index (χ4v) is 1.87. The Morgan fingerprint density at radius 2 is 1.35 bits per heavy atom. The summed E-state index contributed by atoms with van der Waals surface area (Å²) in [5.74, 6) is -1.92. The van der Waals surface area contributed by atoms with E-state index in [1.54, 1.807) is 12.1 Å². The van der Waals surface area contributed by atoms with Crippen LogP contribution in [0.2, 0.25) is 0 Å². The summed E-state index contributed by atoms with van der Waals surface area (Å²) in [5, 5.41) is 0. The lowest BCUT2D eigenvalue weighted by Crippen LogP contribution is -2.21. The highest BCUT2D eigenvalue weighted by Gasteiger charge is 2.11. The molecule has 0 fully saturated rings. The highest BCUT2D eigenvalue weighted by molar-refractivity contribution is 7.85. The van der Waals surface area contributed by atoms with E-state index in [4.69, 9.17) is 26.5 Å². The summed E-state index contributed by atoms with van der Waals surface area (Å²) in [6.07, 6.45) is 0.715. The highest BCUT2D eigenvalue weighted by Crippen LogP contribution is 2.17. The zero-order chi connectivity index (χ0) is 23.6. The molecule has 0 radical (unpaired) electrons. The van der Waals surface area contributed by atoms with Crippen molar-refractivity contribution in [1.29, 1.82) is 0 Å². The molecule has 0 aliphatic heterocycles. The standard InChI is InChI=1S/C17H16N4O5.CH4O3S/c18-14(22)9-25-15(23)10-3-7-13(8-4-10)26-16(24)11-1-5-12(6-2-11)21-17(19)20;1-5(2,3)4/h1-8H,9H2,(H2,18,22)(H4,19,20,21);1H3,(H,2,3,4). The molecule has 0 saturated carbocycles. The van der Waals surface area contributed by atoms with Crippen LogP contribution in [0.15, 0.2) is 53.5 Å². The summed E-state index contributed by atoms with van der Waals surface area (Å²) >= 11 is 0. The number of hydrogen-bond donors (Lipinski definition) is 4. The number of benzene rings is 2. The van der Waals surface area contributed by atoms with Crippen molar-refractivity contribution in [3.63, 3.8) is 0 Å². The molecule has 0 aliphatic rings. The van der Waals surface area contributed by atoms with Crippen LogP contribution in [-0.4, -0.2) is 49.6 Å². The number of nitrogens with zero attached hydrogens (tertiary/aromatic N) is 1. The Morgan fingerprint density at radius 3 is 1.81 bits per heavy atom. The number of aliphatic imine (C=N–C) groups is 1. The number of esters is 2. The Bertz CT molecular complexity index is 1050. The molecular formula is C18H20N4O8S. The maximum atomic E-state index is 12.1. The van der Waals surface area contributed by atoms with E-state index in [1.807, 2.05) is 0 Å². The van der Waals surface area contributed by atoms with Gasteiger partial charge in [0.25, 0.3) is 16.0 Å². The van der Waals surface area contributed by atoms with Gasteiger partial charge in [-0.3, -0.25) is 9.35 Å². The van der Waals surface area contributed by atoms with Crippen molar-refractivity contribution in [3.05, 3.63) is 59.7 Å². The summed E-state index contributed by atoms with van der Waals surface area (Å²) in [6.45, 7) is -0.509. The second-order valence-electron chi connectivity index (χ2n) is 5.77. The van der Waals surface area contributed by atoms with Crippen molar-refractivity contribution in [3.8, 4) is 5.75 Å². The van der Waals surface area contributed by atoms with E-state index >= 15 is 0 Å². The van der Waals surface area contributed by atoms with E-state index in [9.17, 15) is 22.8 Å². The lowest BCUT2D eigenvalue weighted by molar-refractivity contribution is -0.121. The van der Waals surface area contributed by atoms with Crippen LogP contribution in [0.25, 0.3) is 0 Å². The van der Waals surface area contributed by atoms with Crippen molar-refractivity contribution in [2.24, 2.45) is 22.2 Å². The first-order valence-corrected chi connectivity index (χ1v) is 10.1. The second kappa shape index (κ2) is 11.3. The molecule has 0 aromatic heterocycles. The van der Waals surface area contributed by atoms with Gasteiger partial charge >= 0.3 is 11.9 Å². The number of hydrogen-bond acceptors (Lipinski definition) is 8. The SMILES string of the molecule is CS(=O)(=O)O.NC(=O)COC(=O)c1ccc(OC(=O)c2ccc(N=C(N)N)cc2)cc1. The molecule has 0 aliphatic carbocycles. The quantitative estimate of drug-likeness (QED) is 0.151. The van der Waals surface area contributed by atoms with Crippen molar-refractivity contribution in [2.45, 2.75) is 0 Å². The molecule has 2 aromatic carbocycles. The van der Waals surface area contributed by atoms with E-state index in [1.165, 1.54) is 36.4 Å². The fourth-order valence-electron chi connectivity index (χ4n) is 1.87. The molecule has 0 spiro atoms. The molecule has 1 amide bonds. The first-order valence-electron chi connectivity index (χ1n) is 8.25. The average Bonchev–Trinajstić information content (AvgIpc) is 2.65. The summed E-state index contributed by atoms with van der Waals surface area (Å²) in [7, 11) is -3.67. The van der Waals surface area contributed by atoms with E-state index in [2.05, 4.69) is 9.73 Å². The van der Waals surface area contributed by atoms with Crippen LogP contribution in [0.1, 0.15) is 20.7 Å². The largest absolute Gasteiger partial charge is 0.452 e. The van der Waals surface area contributed by atoms with Gasteiger partial charge in [0.1, 0.15) is 5.75 Å². The topological polar surface area (TPSA) is 214 Å². The van der Waals surface area contributed by atoms with Gasteiger partial charge in [0.15, 0.2) is 12.6 Å². The Balaban J connectivity index is 0.000000861. The van der Waals surface area contributed by atoms with Crippen LogP contribution in [0, 0.1) is 0 Å². The van der Waals surface area contributed by atoms with Crippen LogP contribution < -0.4 is 21.9 Å². The number of nitrogens with two attached hydrogens (primary N) is 3. The molecule has 166 valence electrons. The third-order valence-electron chi connectivity index (χ3n) is 3.01. The first-order chi connectivity index (χ1) is 14.3. The third-order valence-corrected chi connectivity index (χ3v) is 3.01. The molecular weight excluding hydrogens is 432 g/mol. The first kappa shape index (κ1) is 25.1. The zero-order valence-corrected chi connectivity index (χ0v) is 17.0. The summed E-state index contributed by atoms with van der Waals surface area (Å²) in [5.41, 5.74) is 16.4. The van der Waals surface area contributed by atoms with E-state index < -0.39 is 34.6 Å². The van der Waals surface area contributed by atoms with Crippen LogP contribution >= 0.6 is 0 Å². The van der Waals surface area contributed by atoms with Gasteiger partial charge in [0.05, 0.1) is 23.1 Å². The number of primary amides is 1. The minimum Gasteiger partial charge on any atom is -0.452 e. The van der Waals surface area contributed by atoms with E-state index in [0.29, 0.717) is 17.5 Å². The molecule has 2 aromatic rings. The smallest absolute Gasteiger partial charge is 0.343 e. The van der Waals surface area contributed by atoms with Gasteiger partial charge in [-0.2, -0.15) is 8.42 Å². The van der Waals surface area contributed by atoms with E-state index in [0.717, 1.165) is 0 Å². The van der Waals surface area contributed by atoms with Crippen LogP contribution in [0.4, 0.5) is 5.69 Å². The Kier molecular flexibility index (Phi) is 9.12. The number of rotatable bonds is 6. The highest BCUT2D eigenvalue weighted by atomic mass is 32.2. The molecule has 0 heterocycles. The lowest BCUT2D eigenvalue weighted by atomic mass is 10.2. The van der Waals surface area contributed by atoms with Crippen molar-refractivity contribution in [1.82, 2.24) is 0 Å². The molecule has 2 rings (SSSR count). The van der Waals surface area contributed by atoms with Crippen molar-refractivity contribution < 1.29 is 36.8 Å². The second-order valence-corrected chi connectivity index (χ2v) is 7.24. The normalized spacial score (nSPS) is 10.1. The van der Waals surface area contributed by atoms with Gasteiger partial charge in [-0.1, -0.05) is 0 Å². The Hall–Kier alpha value is -3.97. The number of guanidine groups is 1. The molecule has 0 atom stereocenters. The fraction of sp³-hybridized carbons (Fsp3) is 0.111. The van der Waals surface area contributed by atoms with Crippen molar-refractivity contribution >= 4 is 39.6 Å². The van der Waals surface area contributed by atoms with Crippen LogP contribution in [0.5, 0.6) is 5.75 Å². The molecule has 7 N–H and O–H groups in total. The number of ether oxygens (including phenoxy) is 2. The molecule has 12 nitrogen and oxygen atoms in total. The van der Waals surface area contributed by atoms with Gasteiger partial charge in [-0.15, -0.1) is 0 Å². The lowest BCUT2D eigenvalue weighted by Gasteiger charge is -2.06. The van der Waals surface area contributed by atoms with Gasteiger partial charge in [-0.25, -0.2) is 14.6 Å². The third kappa shape index (κ3) is 11.0. The molecule has 0 bridgehead atoms. The predicted molar refractivity (Wildman–Crippen MR) is 110 cm³/mol. The number of carbonyl (C=O) groups is 3. The predicted octanol–water partition coefficient (Wildman–Crippen LogP) is -0.0432. The molecule has 13 heteroatoms. The van der Waals surface area contributed by atoms with Crippen LogP contribution in [0.3, 0.4) is 0 Å². The van der Waals surface area contributed by atoms with Gasteiger partial charge in [-0.05, 0) is 48.5 Å². The summed E-state index contributed by atoms with van der Waals surface area (Å²) < 4.78 is 35.7. The van der Waals surface area contributed by atoms with Crippen molar-refractivity contribution in [2.75, 3.05) is 12.9 Å². The maximum absolute atomic E-state index is 12.1. The molecule has 0 saturated heterocycles. The minimum atomic E-state index is -3.67. The summed E-state index contributed by atoms with van der Waals surface area (Å²) in [4.78, 5) is 38.2. The molecule has 0 unspecified atom stereocenters. The van der Waals surface area contributed by atoms with Gasteiger partial charge < -0.3 is 26.7 Å². The van der Waals surface area contributed by atoms with Crippen LogP contribution in [-0.2, 0) is 19.6 Å². The summed E-state index contributed by atoms with van der Waals surface area (Å²) in [6, 6.07) is 11.8. The molecule has 31 heavy (non-hydrogen) atoms. The number of carbonyl (C=O) groups excluding carboxylic acids is 3. The zero-order valence-electron chi connectivity index (χ0n) is 16.2. The monoisotopic (exact) mass is 452 g/mol. The average molecular weight is 452 g/mol. The van der Waals surface area contributed by atoms with Gasteiger partial charge in [0.2, 0.25) is 0 Å². The van der Waals surface area contributed by atoms with Gasteiger partial charge in [0, 0.05) is 0 Å². The Morgan fingerprint density at radius 1 is 0.903 bits per heavy atom. The van der Waals surface area contributed by atoms with E-state index in [-0.39, 0.29) is 17.3 Å². The number of amides is 1. The minimum absolute atomic E-state index is 0.0882.